The lowest BCUT2D eigenvalue weighted by Gasteiger charge is -2.05. The van der Waals surface area contributed by atoms with Crippen LogP contribution in [0.5, 0.6) is 0 Å². The van der Waals surface area contributed by atoms with Crippen LogP contribution in [0.1, 0.15) is 26.3 Å². The zero-order valence-corrected chi connectivity index (χ0v) is 9.96. The zero-order valence-electron chi connectivity index (χ0n) is 9.96. The predicted octanol–water partition coefficient (Wildman–Crippen LogP) is 1.78. The first-order valence-electron chi connectivity index (χ1n) is 5.52. The Labute approximate surface area is 109 Å². The Morgan fingerprint density at radius 2 is 1.32 bits per heavy atom. The molecule has 0 amide bonds. The van der Waals surface area contributed by atoms with Gasteiger partial charge in [0.2, 0.25) is 0 Å². The molecule has 2 aromatic carbocycles. The summed E-state index contributed by atoms with van der Waals surface area (Å²) in [6.45, 7) is 0. The molecular weight excluding hydrogens is 244 g/mol. The third-order valence-electron chi connectivity index (χ3n) is 2.74. The van der Waals surface area contributed by atoms with Crippen LogP contribution in [0.25, 0.3) is 0 Å². The average Bonchev–Trinajstić information content (AvgIpc) is 2.41. The van der Waals surface area contributed by atoms with E-state index in [1.807, 2.05) is 0 Å². The highest BCUT2D eigenvalue weighted by Gasteiger charge is 2.11. The van der Waals surface area contributed by atoms with E-state index < -0.39 is 5.97 Å². The molecule has 19 heavy (non-hydrogen) atoms. The molecule has 2 aromatic rings. The first kappa shape index (κ1) is 12.6. The normalized spacial score (nSPS) is 10.1. The van der Waals surface area contributed by atoms with Crippen molar-refractivity contribution >= 4 is 23.1 Å². The molecule has 96 valence electrons. The molecule has 0 aliphatic rings. The van der Waals surface area contributed by atoms with Crippen LogP contribution < -0.4 is 11.5 Å². The van der Waals surface area contributed by atoms with Crippen molar-refractivity contribution < 1.29 is 14.7 Å². The molecule has 0 spiro atoms. The maximum atomic E-state index is 12.1. The summed E-state index contributed by atoms with van der Waals surface area (Å²) in [6, 6.07) is 10.4. The number of ketones is 1. The number of carboxylic acid groups (broad SMARTS) is 1. The summed E-state index contributed by atoms with van der Waals surface area (Å²) in [6.07, 6.45) is 0. The summed E-state index contributed by atoms with van der Waals surface area (Å²) in [7, 11) is 0. The molecule has 0 radical (unpaired) electrons. The van der Waals surface area contributed by atoms with Gasteiger partial charge in [0.15, 0.2) is 5.78 Å². The van der Waals surface area contributed by atoms with Crippen molar-refractivity contribution in [3.8, 4) is 0 Å². The summed E-state index contributed by atoms with van der Waals surface area (Å²) in [5, 5.41) is 8.78. The lowest BCUT2D eigenvalue weighted by Crippen LogP contribution is -2.04. The molecular formula is C14H12N2O3. The minimum atomic E-state index is -1.03. The number of nitrogen functional groups attached to an aromatic ring is 2. The molecule has 5 heteroatoms. The van der Waals surface area contributed by atoms with Crippen molar-refractivity contribution in [1.29, 1.82) is 0 Å². The number of aromatic carboxylic acids is 1. The monoisotopic (exact) mass is 256 g/mol. The minimum absolute atomic E-state index is 0.133. The maximum Gasteiger partial charge on any atom is 0.335 e. The summed E-state index contributed by atoms with van der Waals surface area (Å²) in [5.41, 5.74) is 12.9. The summed E-state index contributed by atoms with van der Waals surface area (Å²) >= 11 is 0. The molecule has 0 aromatic heterocycles. The fourth-order valence-electron chi connectivity index (χ4n) is 1.65. The van der Waals surface area contributed by atoms with E-state index in [9.17, 15) is 9.59 Å². The van der Waals surface area contributed by atoms with Crippen molar-refractivity contribution in [3.05, 3.63) is 59.2 Å². The number of hydrogen-bond acceptors (Lipinski definition) is 4. The molecule has 0 heterocycles. The lowest BCUT2D eigenvalue weighted by molar-refractivity contribution is 0.0696. The van der Waals surface area contributed by atoms with E-state index in [4.69, 9.17) is 16.6 Å². The molecule has 0 saturated heterocycles. The van der Waals surface area contributed by atoms with E-state index in [0.29, 0.717) is 22.5 Å². The fourth-order valence-corrected chi connectivity index (χ4v) is 1.65. The van der Waals surface area contributed by atoms with Crippen LogP contribution >= 0.6 is 0 Å². The highest BCUT2D eigenvalue weighted by atomic mass is 16.4. The van der Waals surface area contributed by atoms with Crippen LogP contribution in [-0.2, 0) is 0 Å². The summed E-state index contributed by atoms with van der Waals surface area (Å²) in [4.78, 5) is 22.9. The Morgan fingerprint density at radius 3 is 1.84 bits per heavy atom. The quantitative estimate of drug-likeness (QED) is 0.573. The van der Waals surface area contributed by atoms with Crippen LogP contribution in [0.3, 0.4) is 0 Å². The number of hydrogen-bond donors (Lipinski definition) is 3. The smallest absolute Gasteiger partial charge is 0.335 e. The van der Waals surface area contributed by atoms with Crippen molar-refractivity contribution in [2.24, 2.45) is 0 Å². The Bertz CT molecular complexity index is 648. The highest BCUT2D eigenvalue weighted by Crippen LogP contribution is 2.19. The maximum absolute atomic E-state index is 12.1. The van der Waals surface area contributed by atoms with Crippen molar-refractivity contribution in [1.82, 2.24) is 0 Å². The first-order chi connectivity index (χ1) is 8.99. The third kappa shape index (κ3) is 2.55. The van der Waals surface area contributed by atoms with E-state index in [0.717, 1.165) is 0 Å². The van der Waals surface area contributed by atoms with E-state index in [2.05, 4.69) is 0 Å². The van der Waals surface area contributed by atoms with Gasteiger partial charge in [-0.3, -0.25) is 4.79 Å². The standard InChI is InChI=1S/C14H12N2O3/c15-11-6-5-10(7-12(11)16)13(17)8-1-3-9(4-2-8)14(18)19/h1-7H,15-16H2,(H,18,19). The van der Waals surface area contributed by atoms with E-state index in [1.165, 1.54) is 30.3 Å². The van der Waals surface area contributed by atoms with Crippen molar-refractivity contribution in [3.63, 3.8) is 0 Å². The van der Waals surface area contributed by atoms with Gasteiger partial charge in [-0.15, -0.1) is 0 Å². The second-order valence-corrected chi connectivity index (χ2v) is 4.06. The Hall–Kier alpha value is -2.82. The molecule has 5 N–H and O–H groups in total. The van der Waals surface area contributed by atoms with Crippen molar-refractivity contribution in [2.45, 2.75) is 0 Å². The van der Waals surface area contributed by atoms with Gasteiger partial charge < -0.3 is 16.6 Å². The van der Waals surface area contributed by atoms with Crippen molar-refractivity contribution in [2.75, 3.05) is 11.5 Å². The van der Waals surface area contributed by atoms with Crippen LogP contribution in [0.4, 0.5) is 11.4 Å². The van der Waals surface area contributed by atoms with E-state index >= 15 is 0 Å². The van der Waals surface area contributed by atoms with Gasteiger partial charge in [-0.05, 0) is 30.3 Å². The van der Waals surface area contributed by atoms with Crippen LogP contribution in [0, 0.1) is 0 Å². The van der Waals surface area contributed by atoms with E-state index in [-0.39, 0.29) is 11.3 Å². The van der Waals surface area contributed by atoms with Gasteiger partial charge in [-0.1, -0.05) is 12.1 Å². The van der Waals surface area contributed by atoms with Gasteiger partial charge >= 0.3 is 5.97 Å². The average molecular weight is 256 g/mol. The molecule has 0 fully saturated rings. The largest absolute Gasteiger partial charge is 0.478 e. The van der Waals surface area contributed by atoms with Gasteiger partial charge in [0.1, 0.15) is 0 Å². The highest BCUT2D eigenvalue weighted by molar-refractivity contribution is 6.10. The Kier molecular flexibility index (Phi) is 3.20. The Morgan fingerprint density at radius 1 is 0.789 bits per heavy atom. The molecule has 0 unspecified atom stereocenters. The number of carboxylic acids is 1. The number of carbonyl (C=O) groups is 2. The van der Waals surface area contributed by atoms with Gasteiger partial charge in [0.05, 0.1) is 16.9 Å². The molecule has 0 aliphatic heterocycles. The van der Waals surface area contributed by atoms with Gasteiger partial charge in [-0.25, -0.2) is 4.79 Å². The molecule has 5 nitrogen and oxygen atoms in total. The second kappa shape index (κ2) is 4.81. The Balaban J connectivity index is 2.33. The van der Waals surface area contributed by atoms with Gasteiger partial charge in [-0.2, -0.15) is 0 Å². The van der Waals surface area contributed by atoms with Gasteiger partial charge in [0, 0.05) is 11.1 Å². The third-order valence-corrected chi connectivity index (χ3v) is 2.74. The fraction of sp³-hybridized carbons (Fsp3) is 0. The molecule has 0 saturated carbocycles. The van der Waals surface area contributed by atoms with Crippen LogP contribution in [0.2, 0.25) is 0 Å². The number of nitrogens with two attached hydrogens (primary N) is 2. The molecule has 0 aliphatic carbocycles. The predicted molar refractivity (Wildman–Crippen MR) is 72.1 cm³/mol. The first-order valence-corrected chi connectivity index (χ1v) is 5.52. The summed E-state index contributed by atoms with van der Waals surface area (Å²) < 4.78 is 0. The van der Waals surface area contributed by atoms with Gasteiger partial charge in [0.25, 0.3) is 0 Å². The number of rotatable bonds is 3. The van der Waals surface area contributed by atoms with Crippen LogP contribution in [-0.4, -0.2) is 16.9 Å². The van der Waals surface area contributed by atoms with Crippen LogP contribution in [0.15, 0.2) is 42.5 Å². The number of benzene rings is 2. The molecule has 0 atom stereocenters. The number of anilines is 2. The minimum Gasteiger partial charge on any atom is -0.478 e. The summed E-state index contributed by atoms with van der Waals surface area (Å²) in [5.74, 6) is -1.26. The number of carbonyl (C=O) groups excluding carboxylic acids is 1. The second-order valence-electron chi connectivity index (χ2n) is 4.06. The van der Waals surface area contributed by atoms with E-state index in [1.54, 1.807) is 12.1 Å². The zero-order chi connectivity index (χ0) is 14.0. The SMILES string of the molecule is Nc1ccc(C(=O)c2ccc(C(=O)O)cc2)cc1N. The lowest BCUT2D eigenvalue weighted by atomic mass is 10.0. The molecule has 0 bridgehead atoms. The molecule has 2 rings (SSSR count). The topological polar surface area (TPSA) is 106 Å².